The SMILES string of the molecule is O=C(Oc1ccccc1)C(F)C(=O)Oc1ccccc1. The molecule has 0 unspecified atom stereocenters. The van der Waals surface area contributed by atoms with Crippen LogP contribution in [0, 0.1) is 0 Å². The van der Waals surface area contributed by atoms with Crippen LogP contribution in [0.4, 0.5) is 4.39 Å². The predicted molar refractivity (Wildman–Crippen MR) is 69.1 cm³/mol. The molecule has 0 aromatic heterocycles. The first-order valence-corrected chi connectivity index (χ1v) is 5.84. The second kappa shape index (κ2) is 6.47. The van der Waals surface area contributed by atoms with Crippen LogP contribution in [0.25, 0.3) is 0 Å². The molecule has 0 heterocycles. The molecule has 0 spiro atoms. The molecule has 0 atom stereocenters. The summed E-state index contributed by atoms with van der Waals surface area (Å²) in [5, 5.41) is 0. The van der Waals surface area contributed by atoms with Crippen molar-refractivity contribution in [1.82, 2.24) is 0 Å². The molecule has 0 radical (unpaired) electrons. The van der Waals surface area contributed by atoms with Crippen LogP contribution in [0.3, 0.4) is 0 Å². The van der Waals surface area contributed by atoms with E-state index in [1.807, 2.05) is 0 Å². The quantitative estimate of drug-likeness (QED) is 0.488. The van der Waals surface area contributed by atoms with Gasteiger partial charge in [0, 0.05) is 0 Å². The second-order valence-corrected chi connectivity index (χ2v) is 3.83. The number of esters is 2. The Balaban J connectivity index is 1.95. The van der Waals surface area contributed by atoms with Crippen molar-refractivity contribution in [2.75, 3.05) is 0 Å². The maximum atomic E-state index is 13.6. The van der Waals surface area contributed by atoms with Crippen LogP contribution in [-0.2, 0) is 9.59 Å². The average molecular weight is 274 g/mol. The summed E-state index contributed by atoms with van der Waals surface area (Å²) in [5.74, 6) is -2.30. The van der Waals surface area contributed by atoms with E-state index in [0.717, 1.165) is 0 Å². The third-order valence-corrected chi connectivity index (χ3v) is 2.34. The van der Waals surface area contributed by atoms with E-state index in [-0.39, 0.29) is 11.5 Å². The lowest BCUT2D eigenvalue weighted by Gasteiger charge is -2.08. The number of alkyl halides is 1. The number of para-hydroxylation sites is 2. The number of carbonyl (C=O) groups excluding carboxylic acids is 2. The number of hydrogen-bond donors (Lipinski definition) is 0. The van der Waals surface area contributed by atoms with Crippen molar-refractivity contribution in [2.24, 2.45) is 0 Å². The van der Waals surface area contributed by atoms with Crippen LogP contribution in [0.15, 0.2) is 60.7 Å². The Labute approximate surface area is 114 Å². The van der Waals surface area contributed by atoms with E-state index in [1.54, 1.807) is 36.4 Å². The summed E-state index contributed by atoms with van der Waals surface area (Å²) < 4.78 is 23.1. The van der Waals surface area contributed by atoms with Gasteiger partial charge >= 0.3 is 11.9 Å². The van der Waals surface area contributed by atoms with E-state index in [2.05, 4.69) is 0 Å². The molecule has 102 valence electrons. The Bertz CT molecular complexity index is 530. The second-order valence-electron chi connectivity index (χ2n) is 3.83. The number of hydrogen-bond acceptors (Lipinski definition) is 4. The average Bonchev–Trinajstić information content (AvgIpc) is 2.48. The molecule has 2 aromatic carbocycles. The standard InChI is InChI=1S/C15H11FO4/c16-13(14(17)19-11-7-3-1-4-8-11)15(18)20-12-9-5-2-6-10-12/h1-10,13H. The van der Waals surface area contributed by atoms with E-state index >= 15 is 0 Å². The van der Waals surface area contributed by atoms with Gasteiger partial charge in [-0.3, -0.25) is 0 Å². The normalized spacial score (nSPS) is 10.1. The monoisotopic (exact) mass is 274 g/mol. The van der Waals surface area contributed by atoms with Crippen LogP contribution >= 0.6 is 0 Å². The molecular weight excluding hydrogens is 263 g/mol. The molecule has 0 aliphatic carbocycles. The molecule has 4 nitrogen and oxygen atoms in total. The minimum Gasteiger partial charge on any atom is -0.424 e. The van der Waals surface area contributed by atoms with Gasteiger partial charge in [0.2, 0.25) is 0 Å². The zero-order valence-electron chi connectivity index (χ0n) is 10.4. The summed E-state index contributed by atoms with van der Waals surface area (Å²) in [7, 11) is 0. The molecule has 0 aliphatic heterocycles. The first-order chi connectivity index (χ1) is 9.66. The minimum absolute atomic E-state index is 0.160. The molecule has 2 aromatic rings. The number of rotatable bonds is 4. The van der Waals surface area contributed by atoms with Gasteiger partial charge < -0.3 is 9.47 Å². The number of halogens is 1. The molecule has 2 rings (SSSR count). The van der Waals surface area contributed by atoms with Gasteiger partial charge in [-0.25, -0.2) is 14.0 Å². The lowest BCUT2D eigenvalue weighted by atomic mass is 10.3. The van der Waals surface area contributed by atoms with Crippen LogP contribution in [-0.4, -0.2) is 18.1 Å². The Morgan fingerprint density at radius 2 is 1.10 bits per heavy atom. The maximum absolute atomic E-state index is 13.6. The zero-order chi connectivity index (χ0) is 14.4. The highest BCUT2D eigenvalue weighted by Crippen LogP contribution is 2.13. The van der Waals surface area contributed by atoms with Crippen molar-refractivity contribution >= 4 is 11.9 Å². The fourth-order valence-corrected chi connectivity index (χ4v) is 1.41. The zero-order valence-corrected chi connectivity index (χ0v) is 10.4. The minimum atomic E-state index is -2.49. The van der Waals surface area contributed by atoms with Gasteiger partial charge in [0.25, 0.3) is 6.17 Å². The maximum Gasteiger partial charge on any atom is 0.358 e. The molecule has 0 saturated carbocycles. The summed E-state index contributed by atoms with van der Waals surface area (Å²) in [6.07, 6.45) is -2.49. The van der Waals surface area contributed by atoms with Crippen LogP contribution in [0.1, 0.15) is 0 Å². The van der Waals surface area contributed by atoms with Crippen molar-refractivity contribution in [3.05, 3.63) is 60.7 Å². The smallest absolute Gasteiger partial charge is 0.358 e. The third-order valence-electron chi connectivity index (χ3n) is 2.34. The van der Waals surface area contributed by atoms with Gasteiger partial charge in [0.1, 0.15) is 11.5 Å². The molecule has 0 aliphatic rings. The Hall–Kier alpha value is -2.69. The van der Waals surface area contributed by atoms with Crippen LogP contribution in [0.2, 0.25) is 0 Å². The third kappa shape index (κ3) is 3.65. The summed E-state index contributed by atoms with van der Waals surface area (Å²) in [6.45, 7) is 0. The van der Waals surface area contributed by atoms with Gasteiger partial charge in [-0.15, -0.1) is 0 Å². The van der Waals surface area contributed by atoms with Gasteiger partial charge in [-0.1, -0.05) is 36.4 Å². The predicted octanol–water partition coefficient (Wildman–Crippen LogP) is 2.54. The largest absolute Gasteiger partial charge is 0.424 e. The number of carbonyl (C=O) groups is 2. The fourth-order valence-electron chi connectivity index (χ4n) is 1.41. The molecule has 0 bridgehead atoms. The Morgan fingerprint density at radius 1 is 0.750 bits per heavy atom. The van der Waals surface area contributed by atoms with Gasteiger partial charge in [-0.2, -0.15) is 0 Å². The highest BCUT2D eigenvalue weighted by molar-refractivity contribution is 5.99. The van der Waals surface area contributed by atoms with E-state index in [9.17, 15) is 14.0 Å². The van der Waals surface area contributed by atoms with E-state index in [1.165, 1.54) is 24.3 Å². The summed E-state index contributed by atoms with van der Waals surface area (Å²) in [6, 6.07) is 15.8. The van der Waals surface area contributed by atoms with Crippen LogP contribution in [0.5, 0.6) is 11.5 Å². The molecule has 0 fully saturated rings. The summed E-state index contributed by atoms with van der Waals surface area (Å²) >= 11 is 0. The molecule has 0 saturated heterocycles. The Kier molecular flexibility index (Phi) is 4.44. The lowest BCUT2D eigenvalue weighted by molar-refractivity contribution is -0.152. The summed E-state index contributed by atoms with van der Waals surface area (Å²) in [5.41, 5.74) is 0. The topological polar surface area (TPSA) is 52.6 Å². The van der Waals surface area contributed by atoms with Crippen molar-refractivity contribution in [1.29, 1.82) is 0 Å². The molecule has 0 amide bonds. The fraction of sp³-hybridized carbons (Fsp3) is 0.0667. The van der Waals surface area contributed by atoms with Gasteiger partial charge in [0.05, 0.1) is 0 Å². The first-order valence-electron chi connectivity index (χ1n) is 5.84. The van der Waals surface area contributed by atoms with Crippen molar-refractivity contribution in [3.8, 4) is 11.5 Å². The molecule has 20 heavy (non-hydrogen) atoms. The molecule has 5 heteroatoms. The number of benzene rings is 2. The molecule has 0 N–H and O–H groups in total. The molecular formula is C15H11FO4. The van der Waals surface area contributed by atoms with Crippen molar-refractivity contribution < 1.29 is 23.5 Å². The van der Waals surface area contributed by atoms with E-state index in [4.69, 9.17) is 9.47 Å². The van der Waals surface area contributed by atoms with Crippen LogP contribution < -0.4 is 9.47 Å². The van der Waals surface area contributed by atoms with Crippen molar-refractivity contribution in [2.45, 2.75) is 6.17 Å². The first kappa shape index (κ1) is 13.7. The number of ether oxygens (including phenoxy) is 2. The highest BCUT2D eigenvalue weighted by Gasteiger charge is 2.30. The van der Waals surface area contributed by atoms with Gasteiger partial charge in [-0.05, 0) is 24.3 Å². The Morgan fingerprint density at radius 3 is 1.45 bits per heavy atom. The van der Waals surface area contributed by atoms with Crippen molar-refractivity contribution in [3.63, 3.8) is 0 Å². The lowest BCUT2D eigenvalue weighted by Crippen LogP contribution is -2.33. The summed E-state index contributed by atoms with van der Waals surface area (Å²) in [4.78, 5) is 22.9. The van der Waals surface area contributed by atoms with Gasteiger partial charge in [0.15, 0.2) is 0 Å². The van der Waals surface area contributed by atoms with E-state index in [0.29, 0.717) is 0 Å². The highest BCUT2D eigenvalue weighted by atomic mass is 19.1. The van der Waals surface area contributed by atoms with E-state index < -0.39 is 18.1 Å².